The summed E-state index contributed by atoms with van der Waals surface area (Å²) in [7, 11) is 5.44. The second-order valence-corrected chi connectivity index (χ2v) is 8.64. The maximum atomic E-state index is 10.2. The van der Waals surface area contributed by atoms with Crippen LogP contribution in [-0.2, 0) is 18.3 Å². The zero-order valence-corrected chi connectivity index (χ0v) is 20.1. The summed E-state index contributed by atoms with van der Waals surface area (Å²) in [6, 6.07) is 17.4. The molecule has 0 saturated carbocycles. The summed E-state index contributed by atoms with van der Waals surface area (Å²) in [6.45, 7) is 8.44. The lowest BCUT2D eigenvalue weighted by atomic mass is 9.69. The molecule has 31 heavy (non-hydrogen) atoms. The summed E-state index contributed by atoms with van der Waals surface area (Å²) in [6.07, 6.45) is 3.90. The van der Waals surface area contributed by atoms with Crippen LogP contribution in [0.1, 0.15) is 50.3 Å². The van der Waals surface area contributed by atoms with Crippen molar-refractivity contribution >= 4 is 0 Å². The predicted molar refractivity (Wildman–Crippen MR) is 128 cm³/mol. The van der Waals surface area contributed by atoms with Gasteiger partial charge in [-0.15, -0.1) is 0 Å². The molecule has 2 aromatic rings. The minimum atomic E-state index is -0.546. The number of ether oxygens (including phenoxy) is 2. The molecule has 0 aromatic heterocycles. The SMILES string of the molecule is CCc1cccc(CCN(C)CCCC(C#N)(c2ccc(OC)c(OC)c2)C(C)C)c1. The highest BCUT2D eigenvalue weighted by Gasteiger charge is 2.36. The Balaban J connectivity index is 2.02. The van der Waals surface area contributed by atoms with E-state index in [4.69, 9.17) is 9.47 Å². The first-order valence-electron chi connectivity index (χ1n) is 11.3. The minimum absolute atomic E-state index is 0.192. The minimum Gasteiger partial charge on any atom is -0.493 e. The van der Waals surface area contributed by atoms with Crippen molar-refractivity contribution in [2.45, 2.75) is 51.9 Å². The average Bonchev–Trinajstić information content (AvgIpc) is 2.80. The third-order valence-electron chi connectivity index (χ3n) is 6.38. The van der Waals surface area contributed by atoms with Gasteiger partial charge in [-0.05, 0) is 74.0 Å². The second kappa shape index (κ2) is 11.8. The van der Waals surface area contributed by atoms with Crippen LogP contribution < -0.4 is 9.47 Å². The van der Waals surface area contributed by atoms with E-state index in [9.17, 15) is 5.26 Å². The number of methoxy groups -OCH3 is 2. The molecule has 2 rings (SSSR count). The van der Waals surface area contributed by atoms with Crippen molar-refractivity contribution in [3.05, 3.63) is 59.2 Å². The molecule has 1 atom stereocenters. The highest BCUT2D eigenvalue weighted by Crippen LogP contribution is 2.40. The van der Waals surface area contributed by atoms with Crippen molar-refractivity contribution in [2.75, 3.05) is 34.4 Å². The quantitative estimate of drug-likeness (QED) is 0.444. The van der Waals surface area contributed by atoms with Gasteiger partial charge in [0, 0.05) is 6.54 Å². The highest BCUT2D eigenvalue weighted by atomic mass is 16.5. The van der Waals surface area contributed by atoms with Crippen LogP contribution in [-0.4, -0.2) is 39.3 Å². The average molecular weight is 423 g/mol. The number of benzene rings is 2. The fourth-order valence-corrected chi connectivity index (χ4v) is 4.19. The Bertz CT molecular complexity index is 872. The van der Waals surface area contributed by atoms with Crippen LogP contribution in [0.4, 0.5) is 0 Å². The molecule has 4 heteroatoms. The van der Waals surface area contributed by atoms with Gasteiger partial charge >= 0.3 is 0 Å². The Kier molecular flexibility index (Phi) is 9.40. The maximum absolute atomic E-state index is 10.2. The molecule has 1 unspecified atom stereocenters. The second-order valence-electron chi connectivity index (χ2n) is 8.64. The molecule has 0 saturated heterocycles. The lowest BCUT2D eigenvalue weighted by Crippen LogP contribution is -2.32. The third kappa shape index (κ3) is 6.24. The highest BCUT2D eigenvalue weighted by molar-refractivity contribution is 5.47. The van der Waals surface area contributed by atoms with Crippen LogP contribution in [0.3, 0.4) is 0 Å². The van der Waals surface area contributed by atoms with Crippen molar-refractivity contribution < 1.29 is 9.47 Å². The van der Waals surface area contributed by atoms with E-state index < -0.39 is 5.41 Å². The van der Waals surface area contributed by atoms with Gasteiger partial charge in [0.2, 0.25) is 0 Å². The zero-order chi connectivity index (χ0) is 22.9. The van der Waals surface area contributed by atoms with Crippen molar-refractivity contribution in [1.82, 2.24) is 4.90 Å². The van der Waals surface area contributed by atoms with E-state index in [1.54, 1.807) is 14.2 Å². The fraction of sp³-hybridized carbons (Fsp3) is 0.519. The van der Waals surface area contributed by atoms with E-state index in [1.165, 1.54) is 11.1 Å². The molecule has 0 aliphatic heterocycles. The van der Waals surface area contributed by atoms with Crippen LogP contribution >= 0.6 is 0 Å². The van der Waals surface area contributed by atoms with E-state index in [2.05, 4.69) is 63.1 Å². The zero-order valence-electron chi connectivity index (χ0n) is 20.1. The fourth-order valence-electron chi connectivity index (χ4n) is 4.19. The van der Waals surface area contributed by atoms with E-state index >= 15 is 0 Å². The van der Waals surface area contributed by atoms with Gasteiger partial charge in [0.15, 0.2) is 11.5 Å². The molecule has 0 fully saturated rings. The van der Waals surface area contributed by atoms with Gasteiger partial charge in [0.05, 0.1) is 25.7 Å². The van der Waals surface area contributed by atoms with Crippen LogP contribution in [0, 0.1) is 17.2 Å². The number of rotatable bonds is 12. The summed E-state index contributed by atoms with van der Waals surface area (Å²) in [4.78, 5) is 2.37. The maximum Gasteiger partial charge on any atom is 0.161 e. The lowest BCUT2D eigenvalue weighted by Gasteiger charge is -2.32. The van der Waals surface area contributed by atoms with Crippen LogP contribution in [0.15, 0.2) is 42.5 Å². The van der Waals surface area contributed by atoms with Gasteiger partial charge < -0.3 is 14.4 Å². The molecule has 0 N–H and O–H groups in total. The molecule has 0 aliphatic carbocycles. The molecule has 0 spiro atoms. The first kappa shape index (κ1) is 24.8. The lowest BCUT2D eigenvalue weighted by molar-refractivity contribution is 0.292. The summed E-state index contributed by atoms with van der Waals surface area (Å²) in [5, 5.41) is 10.2. The number of hydrogen-bond acceptors (Lipinski definition) is 4. The van der Waals surface area contributed by atoms with Crippen LogP contribution in [0.5, 0.6) is 11.5 Å². The summed E-state index contributed by atoms with van der Waals surface area (Å²) in [5.74, 6) is 1.55. The van der Waals surface area contributed by atoms with Crippen LogP contribution in [0.2, 0.25) is 0 Å². The molecule has 0 amide bonds. The Labute approximate surface area is 188 Å². The van der Waals surface area contributed by atoms with E-state index in [1.807, 2.05) is 18.2 Å². The van der Waals surface area contributed by atoms with E-state index in [0.29, 0.717) is 11.5 Å². The summed E-state index contributed by atoms with van der Waals surface area (Å²) >= 11 is 0. The Hall–Kier alpha value is -2.51. The van der Waals surface area contributed by atoms with Gasteiger partial charge in [-0.25, -0.2) is 0 Å². The number of nitrogens with zero attached hydrogens (tertiary/aromatic N) is 2. The Morgan fingerprint density at radius 1 is 1.00 bits per heavy atom. The molecule has 0 bridgehead atoms. The first-order valence-corrected chi connectivity index (χ1v) is 11.3. The molecule has 0 heterocycles. The standard InChI is InChI=1S/C27H38N2O2/c1-7-22-10-8-11-23(18-22)14-17-29(4)16-9-15-27(20-28,21(2)3)24-12-13-25(30-5)26(19-24)31-6/h8,10-13,18-19,21H,7,9,14-17H2,1-6H3. The van der Waals surface area contributed by atoms with Crippen molar-refractivity contribution in [3.63, 3.8) is 0 Å². The number of aryl methyl sites for hydroxylation is 1. The van der Waals surface area contributed by atoms with Crippen LogP contribution in [0.25, 0.3) is 0 Å². The normalized spacial score (nSPS) is 13.1. The molecule has 168 valence electrons. The summed E-state index contributed by atoms with van der Waals surface area (Å²) < 4.78 is 10.9. The van der Waals surface area contributed by atoms with E-state index in [-0.39, 0.29) is 5.92 Å². The monoisotopic (exact) mass is 422 g/mol. The largest absolute Gasteiger partial charge is 0.493 e. The third-order valence-corrected chi connectivity index (χ3v) is 6.38. The van der Waals surface area contributed by atoms with Gasteiger partial charge in [-0.2, -0.15) is 5.26 Å². The van der Waals surface area contributed by atoms with Gasteiger partial charge in [0.1, 0.15) is 0 Å². The Morgan fingerprint density at radius 2 is 1.71 bits per heavy atom. The first-order chi connectivity index (χ1) is 14.9. The topological polar surface area (TPSA) is 45.5 Å². The van der Waals surface area contributed by atoms with Crippen molar-refractivity contribution in [3.8, 4) is 17.6 Å². The van der Waals surface area contributed by atoms with Gasteiger partial charge in [0.25, 0.3) is 0 Å². The van der Waals surface area contributed by atoms with Crippen molar-refractivity contribution in [1.29, 1.82) is 5.26 Å². The number of hydrogen-bond donors (Lipinski definition) is 0. The molecular formula is C27H38N2O2. The van der Waals surface area contributed by atoms with Crippen molar-refractivity contribution in [2.24, 2.45) is 5.92 Å². The molecule has 2 aromatic carbocycles. The number of likely N-dealkylation sites (N-methyl/N-ethyl adjacent to an activating group) is 1. The van der Waals surface area contributed by atoms with Gasteiger partial charge in [-0.1, -0.05) is 51.1 Å². The molecular weight excluding hydrogens is 384 g/mol. The Morgan fingerprint density at radius 3 is 2.32 bits per heavy atom. The molecule has 0 radical (unpaired) electrons. The number of nitriles is 1. The van der Waals surface area contributed by atoms with Gasteiger partial charge in [-0.3, -0.25) is 0 Å². The molecule has 0 aliphatic rings. The smallest absolute Gasteiger partial charge is 0.161 e. The summed E-state index contributed by atoms with van der Waals surface area (Å²) in [5.41, 5.74) is 3.24. The molecule has 4 nitrogen and oxygen atoms in total. The predicted octanol–water partition coefficient (Wildman–Crippen LogP) is 5.64. The van der Waals surface area contributed by atoms with E-state index in [0.717, 1.165) is 44.3 Å².